The van der Waals surface area contributed by atoms with E-state index in [1.165, 1.54) is 7.11 Å². The number of rotatable bonds is 2. The van der Waals surface area contributed by atoms with Crippen molar-refractivity contribution in [3.63, 3.8) is 0 Å². The van der Waals surface area contributed by atoms with Crippen molar-refractivity contribution < 1.29 is 17.9 Å². The lowest BCUT2D eigenvalue weighted by Gasteiger charge is -2.23. The highest BCUT2D eigenvalue weighted by Crippen LogP contribution is 2.22. The second-order valence-electron chi connectivity index (χ2n) is 3.95. The summed E-state index contributed by atoms with van der Waals surface area (Å²) in [7, 11) is -1.76. The van der Waals surface area contributed by atoms with E-state index in [0.29, 0.717) is 5.75 Å². The van der Waals surface area contributed by atoms with E-state index in [1.54, 1.807) is 24.3 Å². The molecule has 0 bridgehead atoms. The van der Waals surface area contributed by atoms with Crippen LogP contribution in [0.15, 0.2) is 24.3 Å². The molecule has 0 aromatic heterocycles. The quantitative estimate of drug-likeness (QED) is 0.824. The first-order valence-corrected chi connectivity index (χ1v) is 6.96. The molecule has 5 nitrogen and oxygen atoms in total. The summed E-state index contributed by atoms with van der Waals surface area (Å²) in [4.78, 5) is 11.3. The molecule has 6 heteroatoms. The molecule has 1 aliphatic heterocycles. The topological polar surface area (TPSA) is 72.5 Å². The minimum atomic E-state index is -3.30. The molecule has 1 aromatic carbocycles. The Bertz CT molecular complexity index is 538. The van der Waals surface area contributed by atoms with E-state index in [2.05, 4.69) is 5.32 Å². The molecule has 1 heterocycles. The average molecular weight is 255 g/mol. The Morgan fingerprint density at radius 2 is 2.18 bits per heavy atom. The molecule has 1 saturated heterocycles. The highest BCUT2D eigenvalue weighted by Gasteiger charge is 2.30. The molecule has 1 aromatic rings. The van der Waals surface area contributed by atoms with Crippen molar-refractivity contribution in [3.8, 4) is 5.75 Å². The lowest BCUT2D eigenvalue weighted by Crippen LogP contribution is -2.43. The summed E-state index contributed by atoms with van der Waals surface area (Å²) in [6, 6.07) is 6.54. The third kappa shape index (κ3) is 2.76. The number of sulfone groups is 1. The monoisotopic (exact) mass is 255 g/mol. The molecule has 1 fully saturated rings. The summed E-state index contributed by atoms with van der Waals surface area (Å²) in [6.45, 7) is 0. The van der Waals surface area contributed by atoms with Crippen molar-refractivity contribution in [1.29, 1.82) is 0 Å². The van der Waals surface area contributed by atoms with E-state index in [4.69, 9.17) is 4.74 Å². The van der Waals surface area contributed by atoms with Gasteiger partial charge in [-0.3, -0.25) is 4.79 Å². The summed E-state index contributed by atoms with van der Waals surface area (Å²) >= 11 is 0. The van der Waals surface area contributed by atoms with E-state index >= 15 is 0 Å². The Hall–Kier alpha value is -1.56. The molecule has 1 atom stereocenters. The van der Waals surface area contributed by atoms with Crippen molar-refractivity contribution in [2.75, 3.05) is 18.6 Å². The molecular formula is C11H13NO4S. The minimum Gasteiger partial charge on any atom is -0.497 e. The van der Waals surface area contributed by atoms with Crippen molar-refractivity contribution in [2.24, 2.45) is 0 Å². The van der Waals surface area contributed by atoms with Crippen LogP contribution in [0.2, 0.25) is 0 Å². The maximum Gasteiger partial charge on any atom is 0.235 e. The van der Waals surface area contributed by atoms with E-state index < -0.39 is 27.5 Å². The number of hydrogen-bond acceptors (Lipinski definition) is 4. The first-order valence-electron chi connectivity index (χ1n) is 5.14. The summed E-state index contributed by atoms with van der Waals surface area (Å²) in [5.74, 6) is -0.303. The highest BCUT2D eigenvalue weighted by atomic mass is 32.2. The van der Waals surface area contributed by atoms with Crippen LogP contribution in [0, 0.1) is 0 Å². The average Bonchev–Trinajstić information content (AvgIpc) is 2.26. The van der Waals surface area contributed by atoms with E-state index in [1.807, 2.05) is 0 Å². The Kier molecular flexibility index (Phi) is 3.06. The van der Waals surface area contributed by atoms with E-state index in [-0.39, 0.29) is 5.75 Å². The number of carbonyl (C=O) groups excluding carboxylic acids is 1. The summed E-state index contributed by atoms with van der Waals surface area (Å²) in [6.07, 6.45) is 0. The molecule has 0 spiro atoms. The van der Waals surface area contributed by atoms with Gasteiger partial charge in [-0.1, -0.05) is 12.1 Å². The van der Waals surface area contributed by atoms with E-state index in [0.717, 1.165) is 5.56 Å². The molecule has 92 valence electrons. The van der Waals surface area contributed by atoms with Crippen molar-refractivity contribution >= 4 is 15.7 Å². The van der Waals surface area contributed by atoms with Gasteiger partial charge in [-0.15, -0.1) is 0 Å². The smallest absolute Gasteiger partial charge is 0.235 e. The molecule has 0 saturated carbocycles. The molecule has 1 unspecified atom stereocenters. The van der Waals surface area contributed by atoms with Crippen LogP contribution in [0.25, 0.3) is 0 Å². The fourth-order valence-corrected chi connectivity index (χ4v) is 3.21. The largest absolute Gasteiger partial charge is 0.497 e. The number of methoxy groups -OCH3 is 1. The third-order valence-corrected chi connectivity index (χ3v) is 4.15. The zero-order chi connectivity index (χ0) is 12.5. The van der Waals surface area contributed by atoms with Gasteiger partial charge in [0.15, 0.2) is 9.84 Å². The van der Waals surface area contributed by atoms with Gasteiger partial charge < -0.3 is 10.1 Å². The molecule has 0 aliphatic carbocycles. The maximum absolute atomic E-state index is 11.5. The van der Waals surface area contributed by atoms with Gasteiger partial charge in [0.1, 0.15) is 11.5 Å². The zero-order valence-corrected chi connectivity index (χ0v) is 10.2. The number of amides is 1. The predicted octanol–water partition coefficient (Wildman–Crippen LogP) is 0.281. The number of ether oxygens (including phenoxy) is 1. The minimum absolute atomic E-state index is 0.0636. The Morgan fingerprint density at radius 1 is 1.41 bits per heavy atom. The normalized spacial score (nSPS) is 22.9. The van der Waals surface area contributed by atoms with Gasteiger partial charge in [0, 0.05) is 0 Å². The lowest BCUT2D eigenvalue weighted by atomic mass is 10.1. The van der Waals surface area contributed by atoms with Crippen molar-refractivity contribution in [3.05, 3.63) is 29.8 Å². The second kappa shape index (κ2) is 4.37. The van der Waals surface area contributed by atoms with Crippen LogP contribution in [0.4, 0.5) is 0 Å². The molecule has 0 radical (unpaired) electrons. The first-order chi connectivity index (χ1) is 8.00. The second-order valence-corrected chi connectivity index (χ2v) is 6.06. The standard InChI is InChI=1S/C11H13NO4S/c1-16-9-4-2-3-8(5-9)10-6-17(14,15)7-11(13)12-10/h2-5,10H,6-7H2,1H3,(H,12,13). The molecular weight excluding hydrogens is 242 g/mol. The Balaban J connectivity index is 2.30. The van der Waals surface area contributed by atoms with Crippen LogP contribution >= 0.6 is 0 Å². The first kappa shape index (κ1) is 11.9. The zero-order valence-electron chi connectivity index (χ0n) is 9.34. The van der Waals surface area contributed by atoms with Crippen LogP contribution in [0.5, 0.6) is 5.75 Å². The summed E-state index contributed by atoms with van der Waals surface area (Å²) in [5, 5.41) is 2.67. The van der Waals surface area contributed by atoms with Crippen LogP contribution in [0.1, 0.15) is 11.6 Å². The van der Waals surface area contributed by atoms with Gasteiger partial charge in [-0.25, -0.2) is 8.42 Å². The van der Waals surface area contributed by atoms with Gasteiger partial charge in [-0.05, 0) is 17.7 Å². The molecule has 1 aliphatic rings. The van der Waals surface area contributed by atoms with Crippen molar-refractivity contribution in [2.45, 2.75) is 6.04 Å². The van der Waals surface area contributed by atoms with Crippen LogP contribution in [-0.4, -0.2) is 32.9 Å². The maximum atomic E-state index is 11.5. The van der Waals surface area contributed by atoms with Gasteiger partial charge in [0.25, 0.3) is 0 Å². The number of carbonyl (C=O) groups is 1. The molecule has 1 N–H and O–H groups in total. The van der Waals surface area contributed by atoms with Crippen LogP contribution in [0.3, 0.4) is 0 Å². The summed E-state index contributed by atoms with van der Waals surface area (Å²) in [5.41, 5.74) is 0.737. The SMILES string of the molecule is COc1cccc(C2CS(=O)(=O)CC(=O)N2)c1. The van der Waals surface area contributed by atoms with Gasteiger partial charge in [-0.2, -0.15) is 0 Å². The highest BCUT2D eigenvalue weighted by molar-refractivity contribution is 7.92. The lowest BCUT2D eigenvalue weighted by molar-refractivity contribution is -0.119. The van der Waals surface area contributed by atoms with Crippen LogP contribution < -0.4 is 10.1 Å². The fourth-order valence-electron chi connectivity index (χ4n) is 1.83. The number of benzene rings is 1. The third-order valence-electron chi connectivity index (χ3n) is 2.60. The molecule has 17 heavy (non-hydrogen) atoms. The Labute approximate surface area is 99.7 Å². The molecule has 2 rings (SSSR count). The van der Waals surface area contributed by atoms with E-state index in [9.17, 15) is 13.2 Å². The van der Waals surface area contributed by atoms with Crippen LogP contribution in [-0.2, 0) is 14.6 Å². The summed E-state index contributed by atoms with van der Waals surface area (Å²) < 4.78 is 28.1. The number of hydrogen-bond donors (Lipinski definition) is 1. The van der Waals surface area contributed by atoms with Gasteiger partial charge in [0.2, 0.25) is 5.91 Å². The number of nitrogens with one attached hydrogen (secondary N) is 1. The van der Waals surface area contributed by atoms with Crippen molar-refractivity contribution in [1.82, 2.24) is 5.32 Å². The fraction of sp³-hybridized carbons (Fsp3) is 0.364. The predicted molar refractivity (Wildman–Crippen MR) is 62.5 cm³/mol. The van der Waals surface area contributed by atoms with Gasteiger partial charge in [0.05, 0.1) is 18.9 Å². The van der Waals surface area contributed by atoms with Gasteiger partial charge >= 0.3 is 0 Å². The Morgan fingerprint density at radius 3 is 2.82 bits per heavy atom. The molecule has 1 amide bonds.